The van der Waals surface area contributed by atoms with Gasteiger partial charge in [0.05, 0.1) is 13.1 Å². The molecule has 1 rings (SSSR count). The predicted octanol–water partition coefficient (Wildman–Crippen LogP) is -2.82. The number of carboxylic acids is 1. The van der Waals surface area contributed by atoms with E-state index in [1.54, 1.807) is 12.1 Å². The highest BCUT2D eigenvalue weighted by Crippen LogP contribution is 2.15. The van der Waals surface area contributed by atoms with Gasteiger partial charge in [-0.05, 0) is 159 Å². The van der Waals surface area contributed by atoms with Gasteiger partial charge in [-0.15, -0.1) is 0 Å². The van der Waals surface area contributed by atoms with Crippen molar-refractivity contribution in [1.82, 2.24) is 42.5 Å². The number of carbonyl (C=O) groups is 9. The molecule has 0 radical (unpaired) electrons. The van der Waals surface area contributed by atoms with E-state index in [0.717, 1.165) is 0 Å². The lowest BCUT2D eigenvalue weighted by Crippen LogP contribution is -2.60. The van der Waals surface area contributed by atoms with Crippen molar-refractivity contribution < 1.29 is 53.4 Å². The van der Waals surface area contributed by atoms with Gasteiger partial charge in [-0.3, -0.25) is 38.4 Å². The third kappa shape index (κ3) is 27.9. The zero-order chi connectivity index (χ0) is 55.4. The van der Waals surface area contributed by atoms with Gasteiger partial charge in [0.1, 0.15) is 48.0 Å². The van der Waals surface area contributed by atoms with Crippen LogP contribution in [0, 0.1) is 5.92 Å². The number of nitrogens with one attached hydrogen (secondary N) is 8. The minimum atomic E-state index is -1.39. The van der Waals surface area contributed by atoms with Gasteiger partial charge < -0.3 is 87.1 Å². The van der Waals surface area contributed by atoms with Crippen molar-refractivity contribution in [3.63, 3.8) is 0 Å². The summed E-state index contributed by atoms with van der Waals surface area (Å²) in [4.78, 5) is 121. The fourth-order valence-electron chi connectivity index (χ4n) is 7.71. The molecule has 0 aliphatic rings. The van der Waals surface area contributed by atoms with Crippen LogP contribution < -0.4 is 76.9 Å². The molecule has 0 aromatic heterocycles. The van der Waals surface area contributed by atoms with Crippen LogP contribution in [-0.4, -0.2) is 152 Å². The summed E-state index contributed by atoms with van der Waals surface area (Å²) in [7, 11) is 0. The number of unbranched alkanes of at least 4 members (excludes halogenated alkanes) is 5. The molecule has 25 nitrogen and oxygen atoms in total. The molecule has 0 bridgehead atoms. The summed E-state index contributed by atoms with van der Waals surface area (Å²) in [6.45, 7) is 4.34. The summed E-state index contributed by atoms with van der Waals surface area (Å²) in [6, 6.07) is -2.83. The molecule has 1 aromatic rings. The quantitative estimate of drug-likeness (QED) is 0.0294. The number of carboxylic acid groups (broad SMARTS) is 1. The van der Waals surface area contributed by atoms with Crippen LogP contribution in [0.1, 0.15) is 122 Å². The maximum Gasteiger partial charge on any atom is 0.326 e. The number of phenolic OH excluding ortho intramolecular Hbond substituents is 1. The number of phenols is 1. The van der Waals surface area contributed by atoms with Crippen LogP contribution in [0.4, 0.5) is 0 Å². The smallest absolute Gasteiger partial charge is 0.326 e. The van der Waals surface area contributed by atoms with Crippen LogP contribution >= 0.6 is 0 Å². The van der Waals surface area contributed by atoms with Crippen LogP contribution in [-0.2, 0) is 49.6 Å². The Morgan fingerprint density at radius 3 is 1.12 bits per heavy atom. The highest BCUT2D eigenvalue weighted by atomic mass is 16.4. The minimum absolute atomic E-state index is 0.0528. The molecule has 0 heterocycles. The molecule has 1 aromatic carbocycles. The third-order valence-corrected chi connectivity index (χ3v) is 11.9. The lowest BCUT2D eigenvalue weighted by molar-refractivity contribution is -0.142. The fourth-order valence-corrected chi connectivity index (χ4v) is 7.71. The Balaban J connectivity index is 3.62. The maximum absolute atomic E-state index is 14.5. The van der Waals surface area contributed by atoms with Gasteiger partial charge in [-0.1, -0.05) is 26.0 Å². The summed E-state index contributed by atoms with van der Waals surface area (Å²) < 4.78 is 0. The maximum atomic E-state index is 14.5. The number of hydrogen-bond donors (Lipinski definition) is 16. The summed E-state index contributed by atoms with van der Waals surface area (Å²) >= 11 is 0. The Kier molecular flexibility index (Phi) is 34.4. The second-order valence-corrected chi connectivity index (χ2v) is 18.7. The van der Waals surface area contributed by atoms with Gasteiger partial charge in [0.25, 0.3) is 0 Å². The van der Waals surface area contributed by atoms with Gasteiger partial charge in [0.15, 0.2) is 0 Å². The number of carbonyl (C=O) groups excluding carboxylic acids is 8. The van der Waals surface area contributed by atoms with E-state index < -0.39 is 102 Å². The molecule has 0 saturated carbocycles. The van der Waals surface area contributed by atoms with E-state index >= 15 is 0 Å². The predicted molar refractivity (Wildman–Crippen MR) is 279 cm³/mol. The van der Waals surface area contributed by atoms with Gasteiger partial charge >= 0.3 is 5.97 Å². The van der Waals surface area contributed by atoms with Crippen molar-refractivity contribution in [3.05, 3.63) is 29.8 Å². The largest absolute Gasteiger partial charge is 0.508 e. The molecule has 8 amide bonds. The molecule has 74 heavy (non-hydrogen) atoms. The van der Waals surface area contributed by atoms with Crippen LogP contribution in [0.3, 0.4) is 0 Å². The summed E-state index contributed by atoms with van der Waals surface area (Å²) in [5.41, 5.74) is 34.4. The van der Waals surface area contributed by atoms with Gasteiger partial charge in [-0.25, -0.2) is 4.79 Å². The van der Waals surface area contributed by atoms with E-state index in [2.05, 4.69) is 42.5 Å². The van der Waals surface area contributed by atoms with Gasteiger partial charge in [0.2, 0.25) is 47.3 Å². The zero-order valence-electron chi connectivity index (χ0n) is 43.4. The number of amides is 8. The van der Waals surface area contributed by atoms with Crippen molar-refractivity contribution >= 4 is 53.2 Å². The lowest BCUT2D eigenvalue weighted by atomic mass is 10.00. The van der Waals surface area contributed by atoms with Crippen molar-refractivity contribution in [1.29, 1.82) is 0 Å². The molecular weight excluding hydrogens is 961 g/mol. The molecule has 22 N–H and O–H groups in total. The first-order valence-corrected chi connectivity index (χ1v) is 25.9. The number of aliphatic carboxylic acids is 1. The second kappa shape index (κ2) is 38.6. The molecule has 0 fully saturated rings. The zero-order valence-corrected chi connectivity index (χ0v) is 43.4. The highest BCUT2D eigenvalue weighted by Gasteiger charge is 2.34. The Hall–Kier alpha value is -5.99. The van der Waals surface area contributed by atoms with E-state index in [9.17, 15) is 53.4 Å². The van der Waals surface area contributed by atoms with Crippen molar-refractivity contribution in [2.24, 2.45) is 40.3 Å². The van der Waals surface area contributed by atoms with Crippen LogP contribution in [0.15, 0.2) is 24.3 Å². The van der Waals surface area contributed by atoms with Crippen molar-refractivity contribution in [2.75, 3.05) is 45.8 Å². The van der Waals surface area contributed by atoms with E-state index in [4.69, 9.17) is 34.4 Å². The Morgan fingerprint density at radius 2 is 0.757 bits per heavy atom. The first-order chi connectivity index (χ1) is 35.3. The Morgan fingerprint density at radius 1 is 0.432 bits per heavy atom. The highest BCUT2D eigenvalue weighted by molar-refractivity contribution is 5.97. The van der Waals surface area contributed by atoms with E-state index in [1.807, 2.05) is 13.8 Å². The summed E-state index contributed by atoms with van der Waals surface area (Å²) in [5.74, 6) is -7.19. The number of benzene rings is 1. The average molecular weight is 1050 g/mol. The van der Waals surface area contributed by atoms with Crippen LogP contribution in [0.5, 0.6) is 5.75 Å². The second-order valence-electron chi connectivity index (χ2n) is 18.7. The fraction of sp³-hybridized carbons (Fsp3) is 0.694. The molecule has 0 aliphatic heterocycles. The van der Waals surface area contributed by atoms with E-state index in [0.29, 0.717) is 82.9 Å². The van der Waals surface area contributed by atoms with Crippen molar-refractivity contribution in [2.45, 2.75) is 165 Å². The molecule has 0 aliphatic carbocycles. The first kappa shape index (κ1) is 66.0. The van der Waals surface area contributed by atoms with Crippen LogP contribution in [0.2, 0.25) is 0 Å². The molecular formula is C49H88N14O11. The minimum Gasteiger partial charge on any atom is -0.508 e. The monoisotopic (exact) mass is 1050 g/mol. The molecule has 0 spiro atoms. The first-order valence-electron chi connectivity index (χ1n) is 25.9. The summed E-state index contributed by atoms with van der Waals surface area (Å²) in [5, 5.41) is 41.0. The standard InChI is InChI=1S/C49H88N14O11/c1-31(2)27-39(47(71)61-38(49(73)74)17-7-12-26-54)62-45(69)37(16-6-11-25-53)60-48(72)40(28-32-18-20-33(64)21-19-32)63-46(70)36(15-5-10-24-52)59-44(68)35(14-4-9-23-51)58-43(67)34(13-3-8-22-50)57-42(66)30-56-41(65)29-55/h18-21,31,34-40,64H,3-17,22-30,50-55H2,1-2H3,(H,56,65)(H,57,66)(H,58,67)(H,59,68)(H,60,72)(H,61,71)(H,62,69)(H,63,70)(H,73,74)/t34-,35-,36-,37-,38-,39-,40-/m0/s1. The molecule has 0 saturated heterocycles. The molecule has 420 valence electrons. The lowest BCUT2D eigenvalue weighted by Gasteiger charge is -2.28. The summed E-state index contributed by atoms with van der Waals surface area (Å²) in [6.07, 6.45) is 4.98. The molecule has 25 heteroatoms. The van der Waals surface area contributed by atoms with E-state index in [-0.39, 0.29) is 82.8 Å². The topological polar surface area (TPSA) is 446 Å². The third-order valence-electron chi connectivity index (χ3n) is 11.9. The van der Waals surface area contributed by atoms with Gasteiger partial charge in [0, 0.05) is 6.42 Å². The number of aromatic hydroxyl groups is 1. The number of hydrogen-bond acceptors (Lipinski definition) is 16. The molecule has 7 atom stereocenters. The number of rotatable bonds is 41. The molecule has 0 unspecified atom stereocenters. The van der Waals surface area contributed by atoms with E-state index in [1.165, 1.54) is 12.1 Å². The van der Waals surface area contributed by atoms with Crippen LogP contribution in [0.25, 0.3) is 0 Å². The Bertz CT molecular complexity index is 1880. The normalized spacial score (nSPS) is 14.0. The number of nitrogens with two attached hydrogens (primary N) is 6. The Labute approximate surface area is 435 Å². The SMILES string of the molecule is CC(C)C[C@H](NC(=O)[C@H](CCCCN)NC(=O)[C@H](Cc1ccc(O)cc1)NC(=O)[C@H](CCCCN)NC(=O)[C@H](CCCCN)NC(=O)[C@H](CCCCN)NC(=O)CNC(=O)CN)C(=O)N[C@@H](CCCCN)C(=O)O. The van der Waals surface area contributed by atoms with Gasteiger partial charge in [-0.2, -0.15) is 0 Å². The average Bonchev–Trinajstić information content (AvgIpc) is 3.36. The van der Waals surface area contributed by atoms with Crippen molar-refractivity contribution in [3.8, 4) is 5.75 Å².